The van der Waals surface area contributed by atoms with E-state index in [1.165, 1.54) is 30.6 Å². The quantitative estimate of drug-likeness (QED) is 0.128. The number of allylic oxidation sites excluding steroid dienone is 1. The standard InChI is InChI=1S/C34H58N4O5/c1-4-5-6-9-24-10-7-8-11-28(24)43-22-32(42)20-33-23(2)12-13-25(18-27(33)29(32)30(40)41)34(33)21-38(31(35)36-3)16-14-26(34)19-37-15-17-39/h23-26,28,37,39,42H,4-22H2,1-3H3,(H2,35,36)(H,40,41). The van der Waals surface area contributed by atoms with Gasteiger partial charge in [0.2, 0.25) is 0 Å². The predicted octanol–water partition coefficient (Wildman–Crippen LogP) is 1.18. The molecule has 43 heavy (non-hydrogen) atoms. The third kappa shape index (κ3) is 5.60. The maximum atomic E-state index is 13.1. The van der Waals surface area contributed by atoms with Gasteiger partial charge in [-0.05, 0) is 75.2 Å². The maximum absolute atomic E-state index is 13.1. The van der Waals surface area contributed by atoms with E-state index in [0.29, 0.717) is 37.2 Å². The zero-order valence-corrected chi connectivity index (χ0v) is 27.0. The highest BCUT2D eigenvalue weighted by Crippen LogP contribution is 2.76. The smallest absolute Gasteiger partial charge is 0.293 e. The van der Waals surface area contributed by atoms with Crippen molar-refractivity contribution in [3.05, 3.63) is 11.1 Å². The molecular formula is C34H58N4O5. The minimum atomic E-state index is -1.58. The molecular weight excluding hydrogens is 544 g/mol. The summed E-state index contributed by atoms with van der Waals surface area (Å²) in [7, 11) is 1.74. The third-order valence-electron chi connectivity index (χ3n) is 12.7. The highest BCUT2D eigenvalue weighted by Gasteiger charge is 2.75. The Bertz CT molecular complexity index is 1070. The number of carbonyl (C=O) groups is 1. The molecule has 9 heteroatoms. The van der Waals surface area contributed by atoms with E-state index in [2.05, 4.69) is 24.2 Å². The summed E-state index contributed by atoms with van der Waals surface area (Å²) in [6.45, 7) is 7.53. The molecule has 0 aromatic carbocycles. The number of carbonyl (C=O) groups excluding carboxylic acids is 1. The van der Waals surface area contributed by atoms with E-state index < -0.39 is 17.0 Å². The van der Waals surface area contributed by atoms with E-state index in [9.17, 15) is 20.1 Å². The number of nitrogens with zero attached hydrogens (tertiary/aromatic N) is 1. The number of guanidine groups is 1. The normalized spacial score (nSPS) is 41.2. The van der Waals surface area contributed by atoms with Gasteiger partial charge in [0, 0.05) is 36.4 Å². The molecule has 2 bridgehead atoms. The number of rotatable bonds is 12. The zero-order chi connectivity index (χ0) is 30.8. The number of quaternary nitrogens is 1. The van der Waals surface area contributed by atoms with Crippen molar-refractivity contribution in [1.82, 2.24) is 5.32 Å². The van der Waals surface area contributed by atoms with Crippen LogP contribution in [0.3, 0.4) is 0 Å². The molecule has 0 amide bonds. The van der Waals surface area contributed by atoms with Crippen LogP contribution in [0, 0.1) is 34.5 Å². The second-order valence-electron chi connectivity index (χ2n) is 14.7. The van der Waals surface area contributed by atoms with Gasteiger partial charge in [0.1, 0.15) is 5.60 Å². The lowest BCUT2D eigenvalue weighted by molar-refractivity contribution is -0.828. The van der Waals surface area contributed by atoms with Crippen molar-refractivity contribution < 1.29 is 29.8 Å². The summed E-state index contributed by atoms with van der Waals surface area (Å²) in [6.07, 6.45) is 13.3. The number of hydrogen-bond donors (Lipinski definition) is 5. The average Bonchev–Trinajstić information content (AvgIpc) is 3.34. The Morgan fingerprint density at radius 1 is 1.21 bits per heavy atom. The van der Waals surface area contributed by atoms with Crippen LogP contribution in [0.2, 0.25) is 0 Å². The van der Waals surface area contributed by atoms with Crippen molar-refractivity contribution in [2.24, 2.45) is 45.2 Å². The lowest BCUT2D eigenvalue weighted by Crippen LogP contribution is -3.19. The van der Waals surface area contributed by atoms with Gasteiger partial charge in [-0.1, -0.05) is 51.5 Å². The van der Waals surface area contributed by atoms with Crippen molar-refractivity contribution in [1.29, 1.82) is 0 Å². The Hall–Kier alpha value is -1.52. The Kier molecular flexibility index (Phi) is 10.3. The van der Waals surface area contributed by atoms with Gasteiger partial charge in [-0.2, -0.15) is 0 Å². The van der Waals surface area contributed by atoms with Gasteiger partial charge in [0.05, 0.1) is 38.4 Å². The fourth-order valence-electron chi connectivity index (χ4n) is 10.9. The summed E-state index contributed by atoms with van der Waals surface area (Å²) in [6, 6.07) is 0. The van der Waals surface area contributed by atoms with E-state index in [1.54, 1.807) is 7.05 Å². The van der Waals surface area contributed by atoms with E-state index in [-0.39, 0.29) is 42.1 Å². The minimum Gasteiger partial charge on any atom is -0.545 e. The molecule has 4 fully saturated rings. The van der Waals surface area contributed by atoms with Crippen molar-refractivity contribution in [2.75, 3.05) is 46.4 Å². The number of aliphatic carboxylic acids is 1. The molecule has 5 rings (SSSR count). The molecule has 0 aromatic rings. The number of carboxylic acid groups (broad SMARTS) is 1. The Balaban J connectivity index is 1.51. The van der Waals surface area contributed by atoms with Crippen LogP contribution in [0.1, 0.15) is 97.3 Å². The van der Waals surface area contributed by atoms with E-state index >= 15 is 0 Å². The predicted molar refractivity (Wildman–Crippen MR) is 165 cm³/mol. The number of piperidine rings is 1. The highest BCUT2D eigenvalue weighted by atomic mass is 16.5. The average molecular weight is 603 g/mol. The number of nitrogens with one attached hydrogen (secondary N) is 2. The van der Waals surface area contributed by atoms with Crippen LogP contribution in [-0.2, 0) is 9.53 Å². The van der Waals surface area contributed by atoms with Crippen LogP contribution < -0.4 is 21.1 Å². The van der Waals surface area contributed by atoms with E-state index in [0.717, 1.165) is 70.2 Å². The monoisotopic (exact) mass is 602 g/mol. The molecule has 6 N–H and O–H groups in total. The number of hydrogen-bond acceptors (Lipinski definition) is 7. The molecule has 5 aliphatic rings. The summed E-state index contributed by atoms with van der Waals surface area (Å²) in [5.41, 5.74) is 5.23. The van der Waals surface area contributed by atoms with Gasteiger partial charge >= 0.3 is 0 Å². The van der Waals surface area contributed by atoms with Crippen molar-refractivity contribution in [2.45, 2.75) is 109 Å². The summed E-state index contributed by atoms with van der Waals surface area (Å²) in [5.74, 6) is 0.621. The van der Waals surface area contributed by atoms with Gasteiger partial charge < -0.3 is 35.9 Å². The number of carboxylic acids is 1. The van der Waals surface area contributed by atoms with Gasteiger partial charge in [0.25, 0.3) is 5.96 Å². The van der Waals surface area contributed by atoms with Crippen LogP contribution in [0.25, 0.3) is 0 Å². The number of unbranched alkanes of at least 4 members (excludes halogenated alkanes) is 2. The molecule has 1 saturated heterocycles. The van der Waals surface area contributed by atoms with E-state index in [4.69, 9.17) is 10.5 Å². The third-order valence-corrected chi connectivity index (χ3v) is 12.7. The number of nitrogens with two attached hydrogens (primary N) is 1. The number of likely N-dealkylation sites (tertiary alicyclic amines) is 1. The fraction of sp³-hybridized carbons (Fsp3) is 0.882. The molecule has 244 valence electrons. The molecule has 9 nitrogen and oxygen atoms in total. The SMILES string of the molecule is CCCCCC1CCCCC1OCC1(O)CC23C(=C1C(=O)[O-])CC(CCC2C)C31C[NH+](C(N)=NC)CCC1CNCCO. The van der Waals surface area contributed by atoms with Crippen LogP contribution >= 0.6 is 0 Å². The molecule has 3 saturated carbocycles. The molecule has 4 aliphatic carbocycles. The summed E-state index contributed by atoms with van der Waals surface area (Å²) in [4.78, 5) is 18.6. The molecule has 9 unspecified atom stereocenters. The van der Waals surface area contributed by atoms with Crippen molar-refractivity contribution in [3.63, 3.8) is 0 Å². The lowest BCUT2D eigenvalue weighted by atomic mass is 9.45. The molecule has 9 atom stereocenters. The molecule has 0 radical (unpaired) electrons. The second-order valence-corrected chi connectivity index (χ2v) is 14.7. The van der Waals surface area contributed by atoms with Crippen LogP contribution in [0.4, 0.5) is 0 Å². The van der Waals surface area contributed by atoms with Crippen LogP contribution in [0.15, 0.2) is 16.1 Å². The Morgan fingerprint density at radius 3 is 2.72 bits per heavy atom. The Labute approximate surface area is 258 Å². The van der Waals surface area contributed by atoms with Crippen LogP contribution in [0.5, 0.6) is 0 Å². The number of aliphatic hydroxyl groups is 2. The number of aliphatic hydroxyl groups excluding tert-OH is 1. The van der Waals surface area contributed by atoms with Gasteiger partial charge in [-0.25, -0.2) is 4.99 Å². The maximum Gasteiger partial charge on any atom is 0.293 e. The fourth-order valence-corrected chi connectivity index (χ4v) is 10.9. The summed E-state index contributed by atoms with van der Waals surface area (Å²) < 4.78 is 6.63. The minimum absolute atomic E-state index is 0.0204. The topological polar surface area (TPSA) is 145 Å². The second kappa shape index (κ2) is 13.5. The zero-order valence-electron chi connectivity index (χ0n) is 27.0. The molecule has 2 spiro atoms. The molecule has 1 aliphatic heterocycles. The highest BCUT2D eigenvalue weighted by molar-refractivity contribution is 5.90. The van der Waals surface area contributed by atoms with Gasteiger partial charge in [-0.15, -0.1) is 0 Å². The van der Waals surface area contributed by atoms with Crippen molar-refractivity contribution in [3.8, 4) is 0 Å². The first-order valence-corrected chi connectivity index (χ1v) is 17.4. The van der Waals surface area contributed by atoms with Crippen molar-refractivity contribution >= 4 is 11.9 Å². The summed E-state index contributed by atoms with van der Waals surface area (Å²) >= 11 is 0. The Morgan fingerprint density at radius 2 is 2.00 bits per heavy atom. The number of aliphatic imine (C=N–C) groups is 1. The van der Waals surface area contributed by atoms with Gasteiger partial charge in [0.15, 0.2) is 0 Å². The van der Waals surface area contributed by atoms with Crippen LogP contribution in [-0.4, -0.2) is 80.3 Å². The molecule has 0 aromatic heterocycles. The summed E-state index contributed by atoms with van der Waals surface area (Å²) in [5, 5.41) is 38.6. The first-order chi connectivity index (χ1) is 20.7. The number of ether oxygens (including phenoxy) is 1. The first kappa shape index (κ1) is 32.9. The largest absolute Gasteiger partial charge is 0.545 e. The van der Waals surface area contributed by atoms with Gasteiger partial charge in [-0.3, -0.25) is 4.90 Å². The molecule has 1 heterocycles. The lowest BCUT2D eigenvalue weighted by Gasteiger charge is -2.60. The van der Waals surface area contributed by atoms with E-state index in [1.807, 2.05) is 0 Å². The first-order valence-electron chi connectivity index (χ1n) is 17.4.